The zero-order valence-corrected chi connectivity index (χ0v) is 13.3. The van der Waals surface area contributed by atoms with E-state index in [4.69, 9.17) is 5.11 Å². The molecule has 1 fully saturated rings. The van der Waals surface area contributed by atoms with Gasteiger partial charge in [0.2, 0.25) is 0 Å². The average molecular weight is 310 g/mol. The summed E-state index contributed by atoms with van der Waals surface area (Å²) in [5, 5.41) is 11.6. The number of likely N-dealkylation sites (tertiary alicyclic amines) is 1. The number of carboxylic acid groups (broad SMARTS) is 1. The van der Waals surface area contributed by atoms with Crippen LogP contribution in [-0.4, -0.2) is 48.1 Å². The zero-order chi connectivity index (χ0) is 15.4. The van der Waals surface area contributed by atoms with Gasteiger partial charge in [0, 0.05) is 24.5 Å². The molecule has 1 aliphatic heterocycles. The Morgan fingerprint density at radius 3 is 2.86 bits per heavy atom. The van der Waals surface area contributed by atoms with Crippen molar-refractivity contribution < 1.29 is 14.7 Å². The number of aliphatic carboxylic acids is 1. The molecule has 2 N–H and O–H groups in total. The van der Waals surface area contributed by atoms with Gasteiger partial charge in [-0.1, -0.05) is 0 Å². The first kappa shape index (κ1) is 16.0. The number of carboxylic acids is 1. The number of rotatable bonds is 5. The number of aryl methyl sites for hydroxylation is 2. The minimum atomic E-state index is -0.844. The first-order chi connectivity index (χ1) is 9.97. The molecule has 1 unspecified atom stereocenters. The van der Waals surface area contributed by atoms with Crippen LogP contribution in [0.1, 0.15) is 33.0 Å². The van der Waals surface area contributed by atoms with Gasteiger partial charge in [0.1, 0.15) is 0 Å². The summed E-state index contributed by atoms with van der Waals surface area (Å²) in [5.41, 5.74) is 1.17. The second-order valence-corrected chi connectivity index (χ2v) is 6.89. The lowest BCUT2D eigenvalue weighted by Crippen LogP contribution is -2.43. The minimum absolute atomic E-state index is 0.0201. The first-order valence-corrected chi connectivity index (χ1v) is 8.08. The summed E-state index contributed by atoms with van der Waals surface area (Å²) >= 11 is 1.55. The number of carbonyl (C=O) groups excluding carboxylic acids is 1. The SMILES string of the molecule is Cc1cc(C(=O)N2CCCC(CNCC(=O)O)C2)sc1C. The third-order valence-corrected chi connectivity index (χ3v) is 5.03. The van der Waals surface area contributed by atoms with Crippen molar-refractivity contribution in [2.24, 2.45) is 5.92 Å². The van der Waals surface area contributed by atoms with Crippen molar-refractivity contribution in [3.63, 3.8) is 0 Å². The summed E-state index contributed by atoms with van der Waals surface area (Å²) in [7, 11) is 0. The highest BCUT2D eigenvalue weighted by atomic mass is 32.1. The number of carbonyl (C=O) groups is 2. The molecular weight excluding hydrogens is 288 g/mol. The van der Waals surface area contributed by atoms with Crippen LogP contribution < -0.4 is 5.32 Å². The van der Waals surface area contributed by atoms with Crippen LogP contribution in [0, 0.1) is 19.8 Å². The molecule has 0 bridgehead atoms. The van der Waals surface area contributed by atoms with Crippen LogP contribution in [0.5, 0.6) is 0 Å². The fourth-order valence-electron chi connectivity index (χ4n) is 2.63. The van der Waals surface area contributed by atoms with Gasteiger partial charge in [0.15, 0.2) is 0 Å². The van der Waals surface area contributed by atoms with Crippen molar-refractivity contribution in [1.82, 2.24) is 10.2 Å². The summed E-state index contributed by atoms with van der Waals surface area (Å²) in [6.07, 6.45) is 2.02. The Morgan fingerprint density at radius 1 is 1.48 bits per heavy atom. The fraction of sp³-hybridized carbons (Fsp3) is 0.600. The number of nitrogens with zero attached hydrogens (tertiary/aromatic N) is 1. The predicted octanol–water partition coefficient (Wildman–Crippen LogP) is 1.89. The first-order valence-electron chi connectivity index (χ1n) is 7.26. The van der Waals surface area contributed by atoms with Gasteiger partial charge in [-0.3, -0.25) is 9.59 Å². The molecule has 6 heteroatoms. The zero-order valence-electron chi connectivity index (χ0n) is 12.5. The smallest absolute Gasteiger partial charge is 0.317 e. The average Bonchev–Trinajstić information content (AvgIpc) is 2.78. The van der Waals surface area contributed by atoms with E-state index in [1.807, 2.05) is 24.8 Å². The largest absolute Gasteiger partial charge is 0.480 e. The number of amides is 1. The molecule has 1 saturated heterocycles. The van der Waals surface area contributed by atoms with E-state index in [1.54, 1.807) is 11.3 Å². The molecule has 116 valence electrons. The lowest BCUT2D eigenvalue weighted by atomic mass is 9.98. The van der Waals surface area contributed by atoms with E-state index in [-0.39, 0.29) is 12.5 Å². The van der Waals surface area contributed by atoms with E-state index in [0.717, 1.165) is 24.3 Å². The van der Waals surface area contributed by atoms with Crippen molar-refractivity contribution in [2.75, 3.05) is 26.2 Å². The van der Waals surface area contributed by atoms with Crippen molar-refractivity contribution in [2.45, 2.75) is 26.7 Å². The third-order valence-electron chi connectivity index (χ3n) is 3.89. The molecule has 0 spiro atoms. The quantitative estimate of drug-likeness (QED) is 0.871. The van der Waals surface area contributed by atoms with Gasteiger partial charge in [0.25, 0.3) is 5.91 Å². The van der Waals surface area contributed by atoms with Gasteiger partial charge in [0.05, 0.1) is 11.4 Å². The minimum Gasteiger partial charge on any atom is -0.480 e. The van der Waals surface area contributed by atoms with E-state index < -0.39 is 5.97 Å². The molecule has 0 saturated carbocycles. The summed E-state index contributed by atoms with van der Waals surface area (Å²) < 4.78 is 0. The van der Waals surface area contributed by atoms with E-state index in [9.17, 15) is 9.59 Å². The molecule has 1 aliphatic rings. The van der Waals surface area contributed by atoms with Gasteiger partial charge in [-0.05, 0) is 44.2 Å². The number of piperidine rings is 1. The maximum absolute atomic E-state index is 12.5. The molecule has 0 aromatic carbocycles. The van der Waals surface area contributed by atoms with Gasteiger partial charge in [-0.15, -0.1) is 11.3 Å². The number of thiophene rings is 1. The maximum atomic E-state index is 12.5. The Balaban J connectivity index is 1.91. The maximum Gasteiger partial charge on any atom is 0.317 e. The highest BCUT2D eigenvalue weighted by Crippen LogP contribution is 2.24. The molecule has 2 heterocycles. The third kappa shape index (κ3) is 4.28. The molecule has 5 nitrogen and oxygen atoms in total. The monoisotopic (exact) mass is 310 g/mol. The van der Waals surface area contributed by atoms with Crippen LogP contribution in [0.25, 0.3) is 0 Å². The topological polar surface area (TPSA) is 69.6 Å². The standard InChI is InChI=1S/C15H22N2O3S/c1-10-6-13(21-11(10)2)15(20)17-5-3-4-12(9-17)7-16-8-14(18)19/h6,12,16H,3-5,7-9H2,1-2H3,(H,18,19). The molecular formula is C15H22N2O3S. The molecule has 21 heavy (non-hydrogen) atoms. The summed E-state index contributed by atoms with van der Waals surface area (Å²) in [6.45, 7) is 6.20. The van der Waals surface area contributed by atoms with Crippen molar-refractivity contribution in [1.29, 1.82) is 0 Å². The molecule has 1 aromatic rings. The molecule has 1 amide bonds. The normalized spacial score (nSPS) is 18.8. The molecule has 1 atom stereocenters. The van der Waals surface area contributed by atoms with E-state index in [2.05, 4.69) is 5.32 Å². The van der Waals surface area contributed by atoms with Crippen LogP contribution >= 0.6 is 11.3 Å². The van der Waals surface area contributed by atoms with Gasteiger partial charge >= 0.3 is 5.97 Å². The van der Waals surface area contributed by atoms with E-state index in [1.165, 1.54) is 10.4 Å². The van der Waals surface area contributed by atoms with Crippen LogP contribution in [0.4, 0.5) is 0 Å². The van der Waals surface area contributed by atoms with Crippen molar-refractivity contribution in [3.05, 3.63) is 21.4 Å². The van der Waals surface area contributed by atoms with Crippen LogP contribution in [-0.2, 0) is 4.79 Å². The van der Waals surface area contributed by atoms with Crippen molar-refractivity contribution in [3.8, 4) is 0 Å². The summed E-state index contributed by atoms with van der Waals surface area (Å²) in [6, 6.07) is 1.97. The second kappa shape index (κ2) is 7.04. The lowest BCUT2D eigenvalue weighted by molar-refractivity contribution is -0.136. The van der Waals surface area contributed by atoms with E-state index in [0.29, 0.717) is 19.0 Å². The Hall–Kier alpha value is -1.40. The molecule has 1 aromatic heterocycles. The summed E-state index contributed by atoms with van der Waals surface area (Å²) in [4.78, 5) is 26.9. The summed E-state index contributed by atoms with van der Waals surface area (Å²) in [5.74, 6) is -0.397. The molecule has 0 radical (unpaired) electrons. The van der Waals surface area contributed by atoms with Crippen LogP contribution in [0.15, 0.2) is 6.07 Å². The van der Waals surface area contributed by atoms with Gasteiger partial charge in [-0.25, -0.2) is 0 Å². The number of hydrogen-bond donors (Lipinski definition) is 2. The predicted molar refractivity (Wildman–Crippen MR) is 82.9 cm³/mol. The van der Waals surface area contributed by atoms with Crippen LogP contribution in [0.3, 0.4) is 0 Å². The lowest BCUT2D eigenvalue weighted by Gasteiger charge is -2.32. The van der Waals surface area contributed by atoms with Crippen molar-refractivity contribution >= 4 is 23.2 Å². The van der Waals surface area contributed by atoms with Gasteiger partial charge < -0.3 is 15.3 Å². The Morgan fingerprint density at radius 2 is 2.24 bits per heavy atom. The number of nitrogens with one attached hydrogen (secondary N) is 1. The van der Waals surface area contributed by atoms with Crippen LogP contribution in [0.2, 0.25) is 0 Å². The Kier molecular flexibility index (Phi) is 5.36. The fourth-order valence-corrected chi connectivity index (χ4v) is 3.64. The van der Waals surface area contributed by atoms with Gasteiger partial charge in [-0.2, -0.15) is 0 Å². The highest BCUT2D eigenvalue weighted by Gasteiger charge is 2.25. The van der Waals surface area contributed by atoms with E-state index >= 15 is 0 Å². The molecule has 0 aliphatic carbocycles. The second-order valence-electron chi connectivity index (χ2n) is 5.63. The number of hydrogen-bond acceptors (Lipinski definition) is 4. The Bertz CT molecular complexity index is 507. The highest BCUT2D eigenvalue weighted by molar-refractivity contribution is 7.14. The molecule has 2 rings (SSSR count). The Labute approximate surface area is 129 Å².